The van der Waals surface area contributed by atoms with Crippen molar-refractivity contribution in [3.63, 3.8) is 0 Å². The summed E-state index contributed by atoms with van der Waals surface area (Å²) in [5.74, 6) is -0.526. The molecule has 0 saturated carbocycles. The number of ether oxygens (including phenoxy) is 1. The van der Waals surface area contributed by atoms with Gasteiger partial charge in [0.05, 0.1) is 5.92 Å². The van der Waals surface area contributed by atoms with Crippen LogP contribution in [0.3, 0.4) is 0 Å². The van der Waals surface area contributed by atoms with Crippen LogP contribution < -0.4 is 0 Å². The third-order valence-electron chi connectivity index (χ3n) is 4.05. The van der Waals surface area contributed by atoms with E-state index in [1.165, 1.54) is 12.1 Å². The highest BCUT2D eigenvalue weighted by Gasteiger charge is 2.34. The lowest BCUT2D eigenvalue weighted by Crippen LogP contribution is -2.45. The SMILES string of the molecule is CCC1C(C(=O)OCc2cccc(F)c2)CCCN1C. The highest BCUT2D eigenvalue weighted by atomic mass is 19.1. The van der Waals surface area contributed by atoms with Crippen LogP contribution in [0.25, 0.3) is 0 Å². The number of hydrogen-bond acceptors (Lipinski definition) is 3. The highest BCUT2D eigenvalue weighted by Crippen LogP contribution is 2.26. The zero-order valence-electron chi connectivity index (χ0n) is 12.1. The predicted octanol–water partition coefficient (Wildman–Crippen LogP) is 2.99. The minimum atomic E-state index is -0.303. The molecule has 4 heteroatoms. The second-order valence-electron chi connectivity index (χ2n) is 5.44. The lowest BCUT2D eigenvalue weighted by atomic mass is 9.88. The molecule has 0 radical (unpaired) electrons. The van der Waals surface area contributed by atoms with Crippen molar-refractivity contribution in [1.29, 1.82) is 0 Å². The largest absolute Gasteiger partial charge is 0.461 e. The maximum absolute atomic E-state index is 13.1. The second-order valence-corrected chi connectivity index (χ2v) is 5.44. The molecule has 0 spiro atoms. The summed E-state index contributed by atoms with van der Waals surface area (Å²) in [5, 5.41) is 0. The van der Waals surface area contributed by atoms with E-state index in [9.17, 15) is 9.18 Å². The fourth-order valence-electron chi connectivity index (χ4n) is 2.99. The van der Waals surface area contributed by atoms with Crippen LogP contribution in [-0.2, 0) is 16.1 Å². The van der Waals surface area contributed by atoms with E-state index in [-0.39, 0.29) is 30.4 Å². The van der Waals surface area contributed by atoms with Gasteiger partial charge in [0, 0.05) is 6.04 Å². The summed E-state index contributed by atoms with van der Waals surface area (Å²) >= 11 is 0. The molecule has 110 valence electrons. The van der Waals surface area contributed by atoms with Gasteiger partial charge in [-0.3, -0.25) is 4.79 Å². The normalized spacial score (nSPS) is 23.6. The Hall–Kier alpha value is -1.42. The van der Waals surface area contributed by atoms with Gasteiger partial charge in [-0.05, 0) is 50.6 Å². The fraction of sp³-hybridized carbons (Fsp3) is 0.562. The molecule has 0 bridgehead atoms. The molecule has 2 atom stereocenters. The van der Waals surface area contributed by atoms with Gasteiger partial charge < -0.3 is 9.64 Å². The molecule has 3 nitrogen and oxygen atoms in total. The van der Waals surface area contributed by atoms with Gasteiger partial charge >= 0.3 is 5.97 Å². The van der Waals surface area contributed by atoms with Crippen molar-refractivity contribution < 1.29 is 13.9 Å². The number of piperidine rings is 1. The molecule has 0 N–H and O–H groups in total. The van der Waals surface area contributed by atoms with E-state index in [1.807, 2.05) is 0 Å². The number of benzene rings is 1. The van der Waals surface area contributed by atoms with Crippen molar-refractivity contribution >= 4 is 5.97 Å². The summed E-state index contributed by atoms with van der Waals surface area (Å²) in [7, 11) is 2.06. The second kappa shape index (κ2) is 6.84. The number of carbonyl (C=O) groups excluding carboxylic acids is 1. The molecular weight excluding hydrogens is 257 g/mol. The third-order valence-corrected chi connectivity index (χ3v) is 4.05. The molecule has 1 aromatic rings. The average Bonchev–Trinajstić information content (AvgIpc) is 2.44. The Morgan fingerprint density at radius 2 is 2.30 bits per heavy atom. The first-order valence-electron chi connectivity index (χ1n) is 7.23. The Morgan fingerprint density at radius 1 is 1.50 bits per heavy atom. The van der Waals surface area contributed by atoms with Crippen LogP contribution in [0.2, 0.25) is 0 Å². The van der Waals surface area contributed by atoms with E-state index in [1.54, 1.807) is 12.1 Å². The quantitative estimate of drug-likeness (QED) is 0.794. The molecule has 2 unspecified atom stereocenters. The number of likely N-dealkylation sites (tertiary alicyclic amines) is 1. The Morgan fingerprint density at radius 3 is 3.00 bits per heavy atom. The minimum Gasteiger partial charge on any atom is -0.461 e. The molecule has 1 aliphatic heterocycles. The first kappa shape index (κ1) is 15.0. The smallest absolute Gasteiger partial charge is 0.310 e. The van der Waals surface area contributed by atoms with Crippen LogP contribution in [0, 0.1) is 11.7 Å². The number of nitrogens with zero attached hydrogens (tertiary/aromatic N) is 1. The zero-order chi connectivity index (χ0) is 14.5. The standard InChI is InChI=1S/C16H22FNO2/c1-3-15-14(8-5-9-18(15)2)16(19)20-11-12-6-4-7-13(17)10-12/h4,6-7,10,14-15H,3,5,8-9,11H2,1-2H3. The summed E-state index contributed by atoms with van der Waals surface area (Å²) in [6, 6.07) is 6.43. The Bertz CT molecular complexity index is 464. The van der Waals surface area contributed by atoms with Crippen LogP contribution >= 0.6 is 0 Å². The van der Waals surface area contributed by atoms with Gasteiger partial charge in [0.2, 0.25) is 0 Å². The van der Waals surface area contributed by atoms with Crippen LogP contribution in [-0.4, -0.2) is 30.5 Å². The molecule has 20 heavy (non-hydrogen) atoms. The average molecular weight is 279 g/mol. The van der Waals surface area contributed by atoms with Gasteiger partial charge in [0.1, 0.15) is 12.4 Å². The van der Waals surface area contributed by atoms with Crippen molar-refractivity contribution in [3.05, 3.63) is 35.6 Å². The van der Waals surface area contributed by atoms with Crippen LogP contribution in [0.4, 0.5) is 4.39 Å². The number of hydrogen-bond donors (Lipinski definition) is 0. The van der Waals surface area contributed by atoms with E-state index in [2.05, 4.69) is 18.9 Å². The molecule has 1 aliphatic rings. The monoisotopic (exact) mass is 279 g/mol. The van der Waals surface area contributed by atoms with Crippen LogP contribution in [0.1, 0.15) is 31.7 Å². The van der Waals surface area contributed by atoms with Crippen molar-refractivity contribution in [2.24, 2.45) is 5.92 Å². The first-order chi connectivity index (χ1) is 9.61. The van der Waals surface area contributed by atoms with Gasteiger partial charge in [-0.25, -0.2) is 4.39 Å². The lowest BCUT2D eigenvalue weighted by molar-refractivity contribution is -0.154. The van der Waals surface area contributed by atoms with Crippen molar-refractivity contribution in [1.82, 2.24) is 4.90 Å². The highest BCUT2D eigenvalue weighted by molar-refractivity contribution is 5.73. The Kier molecular flexibility index (Phi) is 5.12. The van der Waals surface area contributed by atoms with Crippen molar-refractivity contribution in [2.75, 3.05) is 13.6 Å². The van der Waals surface area contributed by atoms with Crippen LogP contribution in [0.15, 0.2) is 24.3 Å². The molecule has 1 saturated heterocycles. The van der Waals surface area contributed by atoms with Crippen LogP contribution in [0.5, 0.6) is 0 Å². The van der Waals surface area contributed by atoms with E-state index < -0.39 is 0 Å². The fourth-order valence-corrected chi connectivity index (χ4v) is 2.99. The molecule has 0 amide bonds. The van der Waals surface area contributed by atoms with Gasteiger partial charge in [-0.15, -0.1) is 0 Å². The maximum Gasteiger partial charge on any atom is 0.310 e. The van der Waals surface area contributed by atoms with Gasteiger partial charge in [-0.1, -0.05) is 19.1 Å². The number of rotatable bonds is 4. The summed E-state index contributed by atoms with van der Waals surface area (Å²) < 4.78 is 18.4. The van der Waals surface area contributed by atoms with E-state index in [0.29, 0.717) is 5.56 Å². The minimum absolute atomic E-state index is 0.0627. The van der Waals surface area contributed by atoms with E-state index in [4.69, 9.17) is 4.74 Å². The molecule has 1 heterocycles. The number of esters is 1. The molecule has 0 aliphatic carbocycles. The van der Waals surface area contributed by atoms with Gasteiger partial charge in [0.15, 0.2) is 0 Å². The van der Waals surface area contributed by atoms with Crippen molar-refractivity contribution in [3.8, 4) is 0 Å². The Labute approximate surface area is 119 Å². The summed E-state index contributed by atoms with van der Waals surface area (Å²) in [5.41, 5.74) is 0.690. The maximum atomic E-state index is 13.1. The third kappa shape index (κ3) is 3.57. The zero-order valence-corrected chi connectivity index (χ0v) is 12.1. The number of halogens is 1. The molecule has 1 fully saturated rings. The van der Waals surface area contributed by atoms with E-state index >= 15 is 0 Å². The molecule has 1 aromatic carbocycles. The summed E-state index contributed by atoms with van der Waals surface area (Å²) in [6.07, 6.45) is 2.84. The molecular formula is C16H22FNO2. The molecule has 2 rings (SSSR count). The summed E-state index contributed by atoms with van der Waals surface area (Å²) in [6.45, 7) is 3.28. The number of carbonyl (C=O) groups is 1. The topological polar surface area (TPSA) is 29.5 Å². The van der Waals surface area contributed by atoms with E-state index in [0.717, 1.165) is 25.8 Å². The lowest BCUT2D eigenvalue weighted by Gasteiger charge is -2.37. The summed E-state index contributed by atoms with van der Waals surface area (Å²) in [4.78, 5) is 14.5. The van der Waals surface area contributed by atoms with Gasteiger partial charge in [0.25, 0.3) is 0 Å². The first-order valence-corrected chi connectivity index (χ1v) is 7.23. The Balaban J connectivity index is 1.93. The molecule has 0 aromatic heterocycles. The van der Waals surface area contributed by atoms with Crippen molar-refractivity contribution in [2.45, 2.75) is 38.8 Å². The predicted molar refractivity (Wildman–Crippen MR) is 75.6 cm³/mol. The van der Waals surface area contributed by atoms with Gasteiger partial charge in [-0.2, -0.15) is 0 Å².